The minimum absolute atomic E-state index is 0.0845. The first-order valence-electron chi connectivity index (χ1n) is 11.1. The van der Waals surface area contributed by atoms with Crippen LogP contribution in [0.1, 0.15) is 27.0 Å². The Kier molecular flexibility index (Phi) is 6.27. The van der Waals surface area contributed by atoms with Gasteiger partial charge in [0.2, 0.25) is 5.90 Å². The average molecular weight is 498 g/mol. The van der Waals surface area contributed by atoms with Gasteiger partial charge in [0, 0.05) is 5.56 Å². The number of aliphatic imine (C=N–C) groups is 1. The van der Waals surface area contributed by atoms with E-state index in [1.165, 1.54) is 13.2 Å². The van der Waals surface area contributed by atoms with Gasteiger partial charge in [-0.05, 0) is 65.7 Å². The van der Waals surface area contributed by atoms with Crippen LogP contribution in [-0.4, -0.2) is 24.9 Å². The van der Waals surface area contributed by atoms with Gasteiger partial charge in [0.1, 0.15) is 0 Å². The van der Waals surface area contributed by atoms with E-state index in [0.29, 0.717) is 16.7 Å². The fourth-order valence-corrected chi connectivity index (χ4v) is 4.03. The van der Waals surface area contributed by atoms with Gasteiger partial charge in [-0.1, -0.05) is 59.6 Å². The minimum atomic E-state index is -0.580. The number of hydrogen-bond donors (Lipinski definition) is 0. The van der Waals surface area contributed by atoms with Crippen LogP contribution in [-0.2, 0) is 9.53 Å². The number of hydrogen-bond acceptors (Lipinski definition) is 6. The number of esters is 2. The largest absolute Gasteiger partial charge is 0.493 e. The van der Waals surface area contributed by atoms with Crippen molar-refractivity contribution in [3.8, 4) is 11.5 Å². The van der Waals surface area contributed by atoms with E-state index in [-0.39, 0.29) is 28.1 Å². The van der Waals surface area contributed by atoms with Crippen molar-refractivity contribution < 1.29 is 23.8 Å². The van der Waals surface area contributed by atoms with Gasteiger partial charge in [0.05, 0.1) is 17.7 Å². The molecule has 0 spiro atoms. The van der Waals surface area contributed by atoms with Crippen LogP contribution in [0.25, 0.3) is 16.8 Å². The lowest BCUT2D eigenvalue weighted by molar-refractivity contribution is -0.129. The Hall–Kier alpha value is -4.42. The third-order valence-corrected chi connectivity index (χ3v) is 5.93. The molecular weight excluding hydrogens is 478 g/mol. The van der Waals surface area contributed by atoms with E-state index in [2.05, 4.69) is 4.99 Å². The van der Waals surface area contributed by atoms with E-state index in [1.807, 2.05) is 61.5 Å². The van der Waals surface area contributed by atoms with Crippen molar-refractivity contribution in [2.24, 2.45) is 4.99 Å². The van der Waals surface area contributed by atoms with Crippen molar-refractivity contribution in [2.75, 3.05) is 7.11 Å². The van der Waals surface area contributed by atoms with Gasteiger partial charge in [0.25, 0.3) is 0 Å². The third kappa shape index (κ3) is 4.72. The number of ether oxygens (including phenoxy) is 3. The molecule has 178 valence electrons. The highest BCUT2D eigenvalue weighted by atomic mass is 35.5. The molecule has 6 nitrogen and oxygen atoms in total. The molecule has 0 radical (unpaired) electrons. The van der Waals surface area contributed by atoms with Crippen molar-refractivity contribution in [3.05, 3.63) is 112 Å². The van der Waals surface area contributed by atoms with Gasteiger partial charge in [-0.25, -0.2) is 14.6 Å². The van der Waals surface area contributed by atoms with Crippen molar-refractivity contribution in [3.63, 3.8) is 0 Å². The van der Waals surface area contributed by atoms with E-state index < -0.39 is 11.9 Å². The second-order valence-electron chi connectivity index (χ2n) is 8.19. The van der Waals surface area contributed by atoms with Gasteiger partial charge in [-0.15, -0.1) is 0 Å². The predicted molar refractivity (Wildman–Crippen MR) is 139 cm³/mol. The van der Waals surface area contributed by atoms with Gasteiger partial charge >= 0.3 is 11.9 Å². The lowest BCUT2D eigenvalue weighted by atomic mass is 10.1. The number of fused-ring (bicyclic) bond motifs is 1. The second-order valence-corrected chi connectivity index (χ2v) is 8.59. The van der Waals surface area contributed by atoms with Crippen LogP contribution in [0.2, 0.25) is 5.02 Å². The summed E-state index contributed by atoms with van der Waals surface area (Å²) < 4.78 is 16.3. The standard InChI is InChI=1S/C29H20ClNO5/c1-17-7-9-20(10-8-17)28(32)35-26-23(30)13-18(15-25(26)34-2)14-24-29(33)36-27(31-24)22-12-11-19-5-3-4-6-21(19)16-22/h3-16H,1-2H3/b24-14-. The van der Waals surface area contributed by atoms with Crippen LogP contribution < -0.4 is 9.47 Å². The maximum absolute atomic E-state index is 12.6. The van der Waals surface area contributed by atoms with Gasteiger partial charge in [-0.2, -0.15) is 0 Å². The number of rotatable bonds is 5. The summed E-state index contributed by atoms with van der Waals surface area (Å²) in [6.45, 7) is 1.93. The SMILES string of the molecule is COc1cc(/C=C2\N=C(c3ccc4ccccc4c3)OC2=O)cc(Cl)c1OC(=O)c1ccc(C)cc1. The summed E-state index contributed by atoms with van der Waals surface area (Å²) in [5.41, 5.74) is 2.74. The van der Waals surface area contributed by atoms with E-state index in [0.717, 1.165) is 16.3 Å². The molecule has 0 N–H and O–H groups in total. The molecule has 0 aromatic heterocycles. The first-order valence-corrected chi connectivity index (χ1v) is 11.5. The van der Waals surface area contributed by atoms with Crippen LogP contribution >= 0.6 is 11.6 Å². The highest BCUT2D eigenvalue weighted by Crippen LogP contribution is 2.38. The molecular formula is C29H20ClNO5. The Morgan fingerprint density at radius 3 is 2.47 bits per heavy atom. The van der Waals surface area contributed by atoms with Crippen LogP contribution in [0, 0.1) is 6.92 Å². The molecule has 0 bridgehead atoms. The van der Waals surface area contributed by atoms with Crippen LogP contribution in [0.5, 0.6) is 11.5 Å². The summed E-state index contributed by atoms with van der Waals surface area (Å²) in [5.74, 6) is -0.603. The van der Waals surface area contributed by atoms with Crippen LogP contribution in [0.3, 0.4) is 0 Å². The lowest BCUT2D eigenvalue weighted by Crippen LogP contribution is -2.09. The molecule has 0 aliphatic carbocycles. The van der Waals surface area contributed by atoms with Crippen LogP contribution in [0.4, 0.5) is 0 Å². The fourth-order valence-electron chi connectivity index (χ4n) is 3.78. The number of methoxy groups -OCH3 is 1. The molecule has 0 saturated carbocycles. The molecule has 5 rings (SSSR count). The molecule has 0 amide bonds. The smallest absolute Gasteiger partial charge is 0.363 e. The Bertz CT molecular complexity index is 1570. The van der Waals surface area contributed by atoms with E-state index in [4.69, 9.17) is 25.8 Å². The molecule has 7 heteroatoms. The van der Waals surface area contributed by atoms with Crippen molar-refractivity contribution >= 4 is 46.3 Å². The molecule has 4 aromatic carbocycles. The van der Waals surface area contributed by atoms with E-state index >= 15 is 0 Å². The van der Waals surface area contributed by atoms with Crippen molar-refractivity contribution in [1.82, 2.24) is 0 Å². The number of benzene rings is 4. The van der Waals surface area contributed by atoms with E-state index in [9.17, 15) is 9.59 Å². The molecule has 1 aliphatic heterocycles. The molecule has 0 unspecified atom stereocenters. The summed E-state index contributed by atoms with van der Waals surface area (Å²) in [7, 11) is 1.44. The maximum atomic E-state index is 12.6. The molecule has 36 heavy (non-hydrogen) atoms. The minimum Gasteiger partial charge on any atom is -0.493 e. The Balaban J connectivity index is 1.43. The highest BCUT2D eigenvalue weighted by molar-refractivity contribution is 6.32. The molecule has 4 aromatic rings. The Morgan fingerprint density at radius 1 is 0.972 bits per heavy atom. The second kappa shape index (κ2) is 9.68. The van der Waals surface area contributed by atoms with Gasteiger partial charge in [-0.3, -0.25) is 0 Å². The monoisotopic (exact) mass is 497 g/mol. The number of cyclic esters (lactones) is 1. The molecule has 0 saturated heterocycles. The maximum Gasteiger partial charge on any atom is 0.363 e. The zero-order valence-corrected chi connectivity index (χ0v) is 20.2. The summed E-state index contributed by atoms with van der Waals surface area (Å²) in [6.07, 6.45) is 1.54. The van der Waals surface area contributed by atoms with Crippen LogP contribution in [0.15, 0.2) is 89.6 Å². The Labute approximate surface area is 212 Å². The van der Waals surface area contributed by atoms with Gasteiger partial charge < -0.3 is 14.2 Å². The summed E-state index contributed by atoms with van der Waals surface area (Å²) in [6, 6.07) is 23.8. The average Bonchev–Trinajstić information content (AvgIpc) is 3.25. The van der Waals surface area contributed by atoms with Crippen molar-refractivity contribution in [1.29, 1.82) is 0 Å². The summed E-state index contributed by atoms with van der Waals surface area (Å²) in [5, 5.41) is 2.23. The lowest BCUT2D eigenvalue weighted by Gasteiger charge is -2.12. The molecule has 1 heterocycles. The summed E-state index contributed by atoms with van der Waals surface area (Å²) >= 11 is 6.43. The van der Waals surface area contributed by atoms with Gasteiger partial charge in [0.15, 0.2) is 17.2 Å². The number of carbonyl (C=O) groups is 2. The zero-order valence-electron chi connectivity index (χ0n) is 19.4. The quantitative estimate of drug-likeness (QED) is 0.182. The van der Waals surface area contributed by atoms with E-state index in [1.54, 1.807) is 24.3 Å². The Morgan fingerprint density at radius 2 is 1.72 bits per heavy atom. The topological polar surface area (TPSA) is 74.2 Å². The zero-order chi connectivity index (χ0) is 25.2. The molecule has 0 fully saturated rings. The third-order valence-electron chi connectivity index (χ3n) is 5.65. The van der Waals surface area contributed by atoms with Crippen molar-refractivity contribution in [2.45, 2.75) is 6.92 Å². The number of halogens is 1. The molecule has 0 atom stereocenters. The number of carbonyl (C=O) groups excluding carboxylic acids is 2. The predicted octanol–water partition coefficient (Wildman–Crippen LogP) is 6.37. The number of nitrogens with zero attached hydrogens (tertiary/aromatic N) is 1. The normalized spacial score (nSPS) is 14.0. The molecule has 1 aliphatic rings. The number of aryl methyl sites for hydroxylation is 1. The highest BCUT2D eigenvalue weighted by Gasteiger charge is 2.25. The first kappa shape index (κ1) is 23.3. The fraction of sp³-hybridized carbons (Fsp3) is 0.0690. The summed E-state index contributed by atoms with van der Waals surface area (Å²) in [4.78, 5) is 29.5. The first-order chi connectivity index (χ1) is 17.4.